The first-order valence-corrected chi connectivity index (χ1v) is 6.19. The van der Waals surface area contributed by atoms with Gasteiger partial charge in [0.25, 0.3) is 0 Å². The molecule has 0 unspecified atom stereocenters. The number of nitrogens with zero attached hydrogens (tertiary/aromatic N) is 4. The van der Waals surface area contributed by atoms with Crippen LogP contribution in [0.4, 0.5) is 11.6 Å². The summed E-state index contributed by atoms with van der Waals surface area (Å²) in [7, 11) is 3.15. The predicted octanol–water partition coefficient (Wildman–Crippen LogP) is 1.09. The number of nitrogens with two attached hydrogens (primary N) is 1. The molecule has 2 rings (SSSR count). The molecule has 2 aromatic rings. The Balaban J connectivity index is 2.61. The molecule has 2 heterocycles. The van der Waals surface area contributed by atoms with Crippen molar-refractivity contribution in [1.82, 2.24) is 14.8 Å². The number of aromatic nitrogens is 3. The highest BCUT2D eigenvalue weighted by Gasteiger charge is 2.25. The van der Waals surface area contributed by atoms with Crippen molar-refractivity contribution >= 4 is 17.6 Å². The average molecular weight is 275 g/mol. The standard InChI is InChI=1S/C13H17N5O2/c1-4-17(2)12-10(13(19)20-3)11(14)18(16-12)9-7-5-6-8-15-9/h5-8H,4,14H2,1-3H3. The van der Waals surface area contributed by atoms with Gasteiger partial charge in [0, 0.05) is 19.8 Å². The minimum absolute atomic E-state index is 0.214. The summed E-state index contributed by atoms with van der Waals surface area (Å²) in [6, 6.07) is 5.38. The van der Waals surface area contributed by atoms with Crippen LogP contribution in [0, 0.1) is 0 Å². The molecule has 0 aliphatic rings. The van der Waals surface area contributed by atoms with E-state index in [-0.39, 0.29) is 11.4 Å². The van der Waals surface area contributed by atoms with Crippen molar-refractivity contribution in [3.05, 3.63) is 30.0 Å². The Bertz CT molecular complexity index is 609. The van der Waals surface area contributed by atoms with Gasteiger partial charge in [0.15, 0.2) is 11.6 Å². The van der Waals surface area contributed by atoms with Crippen LogP contribution in [-0.4, -0.2) is 41.4 Å². The van der Waals surface area contributed by atoms with E-state index in [2.05, 4.69) is 10.1 Å². The zero-order valence-electron chi connectivity index (χ0n) is 11.7. The SMILES string of the molecule is CCN(C)c1nn(-c2ccccn2)c(N)c1C(=O)OC. The smallest absolute Gasteiger partial charge is 0.345 e. The second kappa shape index (κ2) is 5.60. The predicted molar refractivity (Wildman–Crippen MR) is 76.1 cm³/mol. The Hall–Kier alpha value is -2.57. The third-order valence-electron chi connectivity index (χ3n) is 2.99. The molecule has 0 radical (unpaired) electrons. The van der Waals surface area contributed by atoms with Crippen molar-refractivity contribution < 1.29 is 9.53 Å². The summed E-state index contributed by atoms with van der Waals surface area (Å²) in [6.07, 6.45) is 1.64. The van der Waals surface area contributed by atoms with Gasteiger partial charge in [0.2, 0.25) is 0 Å². The van der Waals surface area contributed by atoms with E-state index in [1.54, 1.807) is 18.3 Å². The van der Waals surface area contributed by atoms with Crippen LogP contribution < -0.4 is 10.6 Å². The molecule has 0 aliphatic heterocycles. The first-order valence-electron chi connectivity index (χ1n) is 6.19. The Morgan fingerprint density at radius 2 is 2.25 bits per heavy atom. The van der Waals surface area contributed by atoms with Gasteiger partial charge in [0.1, 0.15) is 11.4 Å². The number of hydrogen-bond donors (Lipinski definition) is 1. The summed E-state index contributed by atoms with van der Waals surface area (Å²) in [6.45, 7) is 2.64. The van der Waals surface area contributed by atoms with Gasteiger partial charge in [-0.3, -0.25) is 0 Å². The number of nitrogen functional groups attached to an aromatic ring is 1. The van der Waals surface area contributed by atoms with Crippen molar-refractivity contribution in [2.45, 2.75) is 6.92 Å². The summed E-state index contributed by atoms with van der Waals surface area (Å²) in [5.74, 6) is 0.722. The lowest BCUT2D eigenvalue weighted by atomic mass is 10.3. The lowest BCUT2D eigenvalue weighted by Crippen LogP contribution is -2.19. The molecule has 7 heteroatoms. The van der Waals surface area contributed by atoms with Gasteiger partial charge in [-0.15, -0.1) is 5.10 Å². The van der Waals surface area contributed by atoms with Crippen LogP contribution in [0.2, 0.25) is 0 Å². The van der Waals surface area contributed by atoms with Crippen LogP contribution in [-0.2, 0) is 4.74 Å². The Morgan fingerprint density at radius 1 is 1.50 bits per heavy atom. The third-order valence-corrected chi connectivity index (χ3v) is 2.99. The van der Waals surface area contributed by atoms with Gasteiger partial charge >= 0.3 is 5.97 Å². The van der Waals surface area contributed by atoms with Crippen molar-refractivity contribution in [2.75, 3.05) is 31.3 Å². The number of esters is 1. The number of pyridine rings is 1. The zero-order chi connectivity index (χ0) is 14.7. The molecule has 106 valence electrons. The lowest BCUT2D eigenvalue weighted by Gasteiger charge is -2.14. The maximum absolute atomic E-state index is 11.9. The van der Waals surface area contributed by atoms with E-state index in [1.807, 2.05) is 24.9 Å². The number of anilines is 2. The fraction of sp³-hybridized carbons (Fsp3) is 0.308. The Morgan fingerprint density at radius 3 is 2.80 bits per heavy atom. The van der Waals surface area contributed by atoms with E-state index >= 15 is 0 Å². The van der Waals surface area contributed by atoms with Crippen LogP contribution in [0.3, 0.4) is 0 Å². The second-order valence-electron chi connectivity index (χ2n) is 4.19. The third kappa shape index (κ3) is 2.29. The monoisotopic (exact) mass is 275 g/mol. The Kier molecular flexibility index (Phi) is 3.88. The number of hydrogen-bond acceptors (Lipinski definition) is 6. The van der Waals surface area contributed by atoms with E-state index < -0.39 is 5.97 Å². The lowest BCUT2D eigenvalue weighted by molar-refractivity contribution is 0.0602. The summed E-state index contributed by atoms with van der Waals surface area (Å²) >= 11 is 0. The number of ether oxygens (including phenoxy) is 1. The van der Waals surface area contributed by atoms with Gasteiger partial charge in [-0.05, 0) is 19.1 Å². The molecule has 2 aromatic heterocycles. The first-order chi connectivity index (χ1) is 9.60. The Labute approximate surface area is 117 Å². The van der Waals surface area contributed by atoms with Gasteiger partial charge < -0.3 is 15.4 Å². The molecular formula is C13H17N5O2. The normalized spacial score (nSPS) is 10.3. The second-order valence-corrected chi connectivity index (χ2v) is 4.19. The minimum Gasteiger partial charge on any atom is -0.465 e. The van der Waals surface area contributed by atoms with Gasteiger partial charge in [-0.25, -0.2) is 9.78 Å². The summed E-state index contributed by atoms with van der Waals surface area (Å²) in [5.41, 5.74) is 6.29. The quantitative estimate of drug-likeness (QED) is 0.841. The van der Waals surface area contributed by atoms with Crippen LogP contribution in [0.15, 0.2) is 24.4 Å². The van der Waals surface area contributed by atoms with Gasteiger partial charge in [-0.2, -0.15) is 4.68 Å². The molecule has 0 saturated carbocycles. The molecule has 0 bridgehead atoms. The summed E-state index contributed by atoms with van der Waals surface area (Å²) in [4.78, 5) is 17.9. The molecule has 0 aromatic carbocycles. The van der Waals surface area contributed by atoms with Gasteiger partial charge in [0.05, 0.1) is 7.11 Å². The molecule has 0 fully saturated rings. The van der Waals surface area contributed by atoms with Gasteiger partial charge in [-0.1, -0.05) is 6.07 Å². The molecule has 7 nitrogen and oxygen atoms in total. The van der Waals surface area contributed by atoms with Crippen molar-refractivity contribution in [1.29, 1.82) is 0 Å². The van der Waals surface area contributed by atoms with Crippen LogP contribution in [0.1, 0.15) is 17.3 Å². The number of methoxy groups -OCH3 is 1. The topological polar surface area (TPSA) is 86.3 Å². The number of carbonyl (C=O) groups is 1. The van der Waals surface area contributed by atoms with E-state index in [4.69, 9.17) is 10.5 Å². The molecule has 0 saturated heterocycles. The van der Waals surface area contributed by atoms with Crippen molar-refractivity contribution in [3.63, 3.8) is 0 Å². The molecule has 0 spiro atoms. The van der Waals surface area contributed by atoms with Crippen molar-refractivity contribution in [2.24, 2.45) is 0 Å². The van der Waals surface area contributed by atoms with E-state index in [0.29, 0.717) is 18.2 Å². The molecule has 0 amide bonds. The highest BCUT2D eigenvalue weighted by molar-refractivity contribution is 6.00. The number of carbonyl (C=O) groups excluding carboxylic acids is 1. The molecule has 0 aliphatic carbocycles. The highest BCUT2D eigenvalue weighted by Crippen LogP contribution is 2.27. The maximum atomic E-state index is 11.9. The maximum Gasteiger partial charge on any atom is 0.345 e. The first kappa shape index (κ1) is 13.9. The van der Waals surface area contributed by atoms with Crippen LogP contribution in [0.25, 0.3) is 5.82 Å². The fourth-order valence-corrected chi connectivity index (χ4v) is 1.79. The fourth-order valence-electron chi connectivity index (χ4n) is 1.79. The minimum atomic E-state index is -0.514. The van der Waals surface area contributed by atoms with E-state index in [0.717, 1.165) is 0 Å². The summed E-state index contributed by atoms with van der Waals surface area (Å²) in [5, 5.41) is 4.37. The molecule has 2 N–H and O–H groups in total. The van der Waals surface area contributed by atoms with E-state index in [9.17, 15) is 4.79 Å². The van der Waals surface area contributed by atoms with Crippen molar-refractivity contribution in [3.8, 4) is 5.82 Å². The molecule has 20 heavy (non-hydrogen) atoms. The molecule has 0 atom stereocenters. The van der Waals surface area contributed by atoms with Crippen LogP contribution in [0.5, 0.6) is 0 Å². The summed E-state index contributed by atoms with van der Waals surface area (Å²) < 4.78 is 6.22. The highest BCUT2D eigenvalue weighted by atomic mass is 16.5. The average Bonchev–Trinajstić information content (AvgIpc) is 2.84. The molecular weight excluding hydrogens is 258 g/mol. The largest absolute Gasteiger partial charge is 0.465 e. The van der Waals surface area contributed by atoms with Crippen LogP contribution >= 0.6 is 0 Å². The van der Waals surface area contributed by atoms with E-state index in [1.165, 1.54) is 11.8 Å². The number of rotatable bonds is 4. The zero-order valence-corrected chi connectivity index (χ0v) is 11.7.